The molecule has 1 atom stereocenters. The van der Waals surface area contributed by atoms with Gasteiger partial charge in [-0.3, -0.25) is 9.58 Å². The Labute approximate surface area is 199 Å². The molecule has 0 saturated carbocycles. The van der Waals surface area contributed by atoms with Crippen LogP contribution in [0.15, 0.2) is 6.07 Å². The van der Waals surface area contributed by atoms with Crippen LogP contribution in [0.4, 0.5) is 18.0 Å². The van der Waals surface area contributed by atoms with Crippen molar-refractivity contribution in [2.45, 2.75) is 83.7 Å². The third-order valence-electron chi connectivity index (χ3n) is 7.68. The lowest BCUT2D eigenvalue weighted by atomic mass is 9.78. The van der Waals surface area contributed by atoms with Gasteiger partial charge in [0.05, 0.1) is 17.4 Å². The molecule has 4 rings (SSSR count). The molecule has 0 aromatic carbocycles. The van der Waals surface area contributed by atoms with E-state index in [1.54, 1.807) is 0 Å². The maximum absolute atomic E-state index is 12.7. The molecule has 3 fully saturated rings. The zero-order chi connectivity index (χ0) is 24.5. The van der Waals surface area contributed by atoms with Crippen LogP contribution in [0.2, 0.25) is 0 Å². The number of alkyl halides is 3. The van der Waals surface area contributed by atoms with Gasteiger partial charge in [-0.1, -0.05) is 13.8 Å². The van der Waals surface area contributed by atoms with Gasteiger partial charge in [0.2, 0.25) is 0 Å². The van der Waals surface area contributed by atoms with E-state index in [-0.39, 0.29) is 5.41 Å². The molecule has 0 bridgehead atoms. The largest absolute Gasteiger partial charge is 0.437 e. The van der Waals surface area contributed by atoms with E-state index >= 15 is 0 Å². The van der Waals surface area contributed by atoms with Crippen LogP contribution in [0.1, 0.15) is 76.2 Å². The van der Waals surface area contributed by atoms with E-state index in [2.05, 4.69) is 34.2 Å². The third-order valence-corrected chi connectivity index (χ3v) is 7.68. The number of aromatic nitrogens is 2. The first kappa shape index (κ1) is 25.3. The Morgan fingerprint density at radius 2 is 1.82 bits per heavy atom. The molecule has 3 aliphatic heterocycles. The first-order valence-corrected chi connectivity index (χ1v) is 12.5. The molecule has 3 aliphatic rings. The van der Waals surface area contributed by atoms with Crippen LogP contribution in [0.5, 0.6) is 0 Å². The predicted molar refractivity (Wildman–Crippen MR) is 121 cm³/mol. The monoisotopic (exact) mass is 486 g/mol. The van der Waals surface area contributed by atoms with Crippen molar-refractivity contribution < 1.29 is 27.4 Å². The highest BCUT2D eigenvalue weighted by Gasteiger charge is 2.44. The van der Waals surface area contributed by atoms with Crippen LogP contribution >= 0.6 is 0 Å². The van der Waals surface area contributed by atoms with Gasteiger partial charge < -0.3 is 14.4 Å². The molecule has 0 N–H and O–H groups in total. The Hall–Kier alpha value is -1.81. The molecule has 192 valence electrons. The average molecular weight is 487 g/mol. The number of piperidine rings is 1. The Balaban J connectivity index is 1.34. The van der Waals surface area contributed by atoms with Gasteiger partial charge in [-0.25, -0.2) is 4.79 Å². The second kappa shape index (κ2) is 10.0. The molecule has 0 radical (unpaired) electrons. The quantitative estimate of drug-likeness (QED) is 0.602. The number of nitrogens with zero attached hydrogens (tertiary/aromatic N) is 4. The molecular weight excluding hydrogens is 449 g/mol. The van der Waals surface area contributed by atoms with Crippen molar-refractivity contribution in [1.82, 2.24) is 19.6 Å². The first-order chi connectivity index (χ1) is 16.1. The Morgan fingerprint density at radius 1 is 1.18 bits per heavy atom. The van der Waals surface area contributed by atoms with Crippen molar-refractivity contribution >= 4 is 6.09 Å². The van der Waals surface area contributed by atoms with E-state index in [1.165, 1.54) is 10.6 Å². The fourth-order valence-corrected chi connectivity index (χ4v) is 5.36. The van der Waals surface area contributed by atoms with Gasteiger partial charge in [0, 0.05) is 39.4 Å². The smallest absolute Gasteiger partial charge is 0.425 e. The van der Waals surface area contributed by atoms with Gasteiger partial charge in [-0.05, 0) is 63.0 Å². The SMILES string of the molecule is CC(C)c1cc(CN2CCC3(CCN(C(=O)OC(C)C(F)(F)F)CC3)C2)n(C2CCOCC2)n1. The summed E-state index contributed by atoms with van der Waals surface area (Å²) in [6.07, 6.45) is -2.91. The number of carbonyl (C=O) groups excluding carboxylic acids is 1. The second-order valence-electron chi connectivity index (χ2n) is 10.5. The summed E-state index contributed by atoms with van der Waals surface area (Å²) < 4.78 is 50.6. The number of hydrogen-bond acceptors (Lipinski definition) is 5. The lowest BCUT2D eigenvalue weighted by Gasteiger charge is -2.39. The van der Waals surface area contributed by atoms with Crippen LogP contribution in [-0.4, -0.2) is 77.3 Å². The van der Waals surface area contributed by atoms with E-state index in [0.29, 0.717) is 25.0 Å². The summed E-state index contributed by atoms with van der Waals surface area (Å²) in [6.45, 7) is 10.4. The number of likely N-dealkylation sites (tertiary alicyclic amines) is 2. The number of hydrogen-bond donors (Lipinski definition) is 0. The highest BCUT2D eigenvalue weighted by molar-refractivity contribution is 5.68. The third kappa shape index (κ3) is 5.70. The molecule has 1 aromatic rings. The maximum Gasteiger partial charge on any atom is 0.425 e. The summed E-state index contributed by atoms with van der Waals surface area (Å²) in [5, 5.41) is 4.95. The van der Waals surface area contributed by atoms with E-state index in [4.69, 9.17) is 9.84 Å². The zero-order valence-electron chi connectivity index (χ0n) is 20.4. The fraction of sp³-hybridized carbons (Fsp3) is 0.833. The van der Waals surface area contributed by atoms with E-state index in [0.717, 1.165) is 77.6 Å². The van der Waals surface area contributed by atoms with Crippen LogP contribution < -0.4 is 0 Å². The van der Waals surface area contributed by atoms with Crippen LogP contribution in [-0.2, 0) is 16.0 Å². The first-order valence-electron chi connectivity index (χ1n) is 12.5. The predicted octanol–water partition coefficient (Wildman–Crippen LogP) is 4.73. The molecule has 10 heteroatoms. The highest BCUT2D eigenvalue weighted by atomic mass is 19.4. The fourth-order valence-electron chi connectivity index (χ4n) is 5.36. The van der Waals surface area contributed by atoms with Gasteiger partial charge in [0.15, 0.2) is 6.10 Å². The van der Waals surface area contributed by atoms with Crippen molar-refractivity contribution in [3.63, 3.8) is 0 Å². The Kier molecular flexibility index (Phi) is 7.47. The van der Waals surface area contributed by atoms with Crippen molar-refractivity contribution in [3.05, 3.63) is 17.5 Å². The summed E-state index contributed by atoms with van der Waals surface area (Å²) in [5.41, 5.74) is 2.47. The lowest BCUT2D eigenvalue weighted by molar-refractivity contribution is -0.200. The van der Waals surface area contributed by atoms with E-state index in [9.17, 15) is 18.0 Å². The van der Waals surface area contributed by atoms with Crippen LogP contribution in [0, 0.1) is 5.41 Å². The molecule has 4 heterocycles. The molecule has 1 aromatic heterocycles. The van der Waals surface area contributed by atoms with Crippen molar-refractivity contribution in [2.24, 2.45) is 5.41 Å². The minimum Gasteiger partial charge on any atom is -0.437 e. The summed E-state index contributed by atoms with van der Waals surface area (Å²) in [6, 6.07) is 2.62. The van der Waals surface area contributed by atoms with Gasteiger partial charge in [0.1, 0.15) is 0 Å². The van der Waals surface area contributed by atoms with Crippen molar-refractivity contribution in [1.29, 1.82) is 0 Å². The van der Waals surface area contributed by atoms with E-state index in [1.807, 2.05) is 0 Å². The maximum atomic E-state index is 12.7. The van der Waals surface area contributed by atoms with E-state index < -0.39 is 18.4 Å². The second-order valence-corrected chi connectivity index (χ2v) is 10.5. The molecule has 1 unspecified atom stereocenters. The molecule has 34 heavy (non-hydrogen) atoms. The average Bonchev–Trinajstić information content (AvgIpc) is 3.39. The minimum absolute atomic E-state index is 0.108. The van der Waals surface area contributed by atoms with Crippen molar-refractivity contribution in [3.8, 4) is 0 Å². The number of rotatable bonds is 5. The van der Waals surface area contributed by atoms with Crippen molar-refractivity contribution in [2.75, 3.05) is 39.4 Å². The Morgan fingerprint density at radius 3 is 2.44 bits per heavy atom. The molecule has 3 saturated heterocycles. The summed E-state index contributed by atoms with van der Waals surface area (Å²) in [5.74, 6) is 0.369. The summed E-state index contributed by atoms with van der Waals surface area (Å²) in [4.78, 5) is 16.1. The normalized spacial score (nSPS) is 23.1. The summed E-state index contributed by atoms with van der Waals surface area (Å²) >= 11 is 0. The van der Waals surface area contributed by atoms with Crippen LogP contribution in [0.3, 0.4) is 0 Å². The number of halogens is 3. The standard InChI is InChI=1S/C24H37F3N4O3/c1-17(2)21-14-20(31(28-21)19-4-12-33-13-5-19)15-29-9-6-23(16-29)7-10-30(11-8-23)22(32)34-18(3)24(25,26)27/h14,17-19H,4-13,15-16H2,1-3H3. The molecule has 1 amide bonds. The number of amides is 1. The lowest BCUT2D eigenvalue weighted by Crippen LogP contribution is -2.46. The minimum atomic E-state index is -4.54. The molecule has 7 nitrogen and oxygen atoms in total. The molecular formula is C24H37F3N4O3. The topological polar surface area (TPSA) is 59.8 Å². The Bertz CT molecular complexity index is 843. The summed E-state index contributed by atoms with van der Waals surface area (Å²) in [7, 11) is 0. The zero-order valence-corrected chi connectivity index (χ0v) is 20.4. The van der Waals surface area contributed by atoms with Crippen LogP contribution in [0.25, 0.3) is 0 Å². The number of ether oxygens (including phenoxy) is 2. The van der Waals surface area contributed by atoms with Gasteiger partial charge in [-0.2, -0.15) is 18.3 Å². The van der Waals surface area contributed by atoms with Gasteiger partial charge in [-0.15, -0.1) is 0 Å². The van der Waals surface area contributed by atoms with Gasteiger partial charge >= 0.3 is 12.3 Å². The molecule has 1 spiro atoms. The number of carbonyl (C=O) groups is 1. The van der Waals surface area contributed by atoms with Gasteiger partial charge in [0.25, 0.3) is 0 Å². The highest BCUT2D eigenvalue weighted by Crippen LogP contribution is 2.41. The molecule has 0 aliphatic carbocycles.